The van der Waals surface area contributed by atoms with E-state index in [1.807, 2.05) is 42.5 Å². The minimum atomic E-state index is -1.14. The van der Waals surface area contributed by atoms with Crippen molar-refractivity contribution in [2.24, 2.45) is 0 Å². The van der Waals surface area contributed by atoms with Gasteiger partial charge in [-0.1, -0.05) is 42.5 Å². The van der Waals surface area contributed by atoms with Crippen molar-refractivity contribution in [3.05, 3.63) is 90.0 Å². The highest BCUT2D eigenvalue weighted by Gasteiger charge is 2.31. The van der Waals surface area contributed by atoms with E-state index < -0.39 is 28.7 Å². The summed E-state index contributed by atoms with van der Waals surface area (Å²) in [4.78, 5) is 35.8. The number of aliphatic hydroxyl groups is 1. The Balaban J connectivity index is 1.19. The molecule has 3 aromatic rings. The van der Waals surface area contributed by atoms with Crippen LogP contribution in [0.4, 0.5) is 15.3 Å². The Morgan fingerprint density at radius 2 is 1.62 bits per heavy atom. The predicted octanol–water partition coefficient (Wildman–Crippen LogP) is 3.95. The molecule has 0 saturated carbocycles. The number of ether oxygens (including phenoxy) is 2. The van der Waals surface area contributed by atoms with Gasteiger partial charge in [-0.25, -0.2) is 4.79 Å². The Hall–Kier alpha value is -4.22. The average Bonchev–Trinajstić information content (AvgIpc) is 3.26. The number of carbonyl (C=O) groups excluding carboxylic acids is 2. The standard InChI is InChI=1S/C28H29N3O7S/c32-22(18-38-24-12-10-23(11-13-24)37-17-20-4-2-1-3-5-20)16-31(28(35)36)15-14-19-6-8-21(9-7-19)29-26-25(33)30-27(34)39-26/h1-13,22,26,29,32H,14-18H2,(H,35,36)(H,30,33,34)/t22-,26?/m0/s1. The van der Waals surface area contributed by atoms with E-state index in [-0.39, 0.29) is 19.7 Å². The second kappa shape index (κ2) is 13.5. The Morgan fingerprint density at radius 3 is 2.23 bits per heavy atom. The summed E-state index contributed by atoms with van der Waals surface area (Å²) in [7, 11) is 0. The van der Waals surface area contributed by atoms with Crippen molar-refractivity contribution < 1.29 is 34.1 Å². The van der Waals surface area contributed by atoms with Crippen molar-refractivity contribution in [3.8, 4) is 11.5 Å². The zero-order valence-corrected chi connectivity index (χ0v) is 21.8. The van der Waals surface area contributed by atoms with Gasteiger partial charge >= 0.3 is 6.09 Å². The van der Waals surface area contributed by atoms with Gasteiger partial charge in [0, 0.05) is 12.2 Å². The van der Waals surface area contributed by atoms with Crippen LogP contribution < -0.4 is 20.1 Å². The first-order chi connectivity index (χ1) is 18.9. The van der Waals surface area contributed by atoms with E-state index in [9.17, 15) is 24.6 Å². The number of rotatable bonds is 13. The lowest BCUT2D eigenvalue weighted by Crippen LogP contribution is -2.40. The molecule has 204 valence electrons. The molecule has 0 spiro atoms. The summed E-state index contributed by atoms with van der Waals surface area (Å²) in [6.45, 7) is 0.466. The van der Waals surface area contributed by atoms with Gasteiger partial charge in [-0.2, -0.15) is 0 Å². The number of nitrogens with zero attached hydrogens (tertiary/aromatic N) is 1. The van der Waals surface area contributed by atoms with Crippen LogP contribution in [0.1, 0.15) is 11.1 Å². The number of aliphatic hydroxyl groups excluding tert-OH is 1. The van der Waals surface area contributed by atoms with E-state index >= 15 is 0 Å². The minimum Gasteiger partial charge on any atom is -0.491 e. The molecule has 11 heteroatoms. The van der Waals surface area contributed by atoms with Crippen molar-refractivity contribution in [2.45, 2.75) is 24.5 Å². The summed E-state index contributed by atoms with van der Waals surface area (Å²) in [6, 6.07) is 24.0. The fraction of sp³-hybridized carbons (Fsp3) is 0.250. The number of nitrogens with one attached hydrogen (secondary N) is 2. The molecule has 1 fully saturated rings. The molecule has 0 bridgehead atoms. The fourth-order valence-corrected chi connectivity index (χ4v) is 4.51. The van der Waals surface area contributed by atoms with E-state index in [4.69, 9.17) is 9.47 Å². The highest BCUT2D eigenvalue weighted by molar-refractivity contribution is 8.15. The molecule has 4 N–H and O–H groups in total. The fourth-order valence-electron chi connectivity index (χ4n) is 3.77. The smallest absolute Gasteiger partial charge is 0.407 e. The van der Waals surface area contributed by atoms with Gasteiger partial charge in [0.15, 0.2) is 5.37 Å². The Morgan fingerprint density at radius 1 is 0.949 bits per heavy atom. The Labute approximate surface area is 229 Å². The third kappa shape index (κ3) is 8.66. The van der Waals surface area contributed by atoms with E-state index in [1.165, 1.54) is 0 Å². The number of carbonyl (C=O) groups is 3. The van der Waals surface area contributed by atoms with Gasteiger partial charge in [0.1, 0.15) is 30.8 Å². The van der Waals surface area contributed by atoms with Gasteiger partial charge in [-0.3, -0.25) is 14.9 Å². The molecule has 0 aliphatic carbocycles. The van der Waals surface area contributed by atoms with Crippen molar-refractivity contribution in [1.82, 2.24) is 10.2 Å². The molecule has 39 heavy (non-hydrogen) atoms. The number of imide groups is 1. The highest BCUT2D eigenvalue weighted by Crippen LogP contribution is 2.22. The largest absolute Gasteiger partial charge is 0.491 e. The normalized spacial score (nSPS) is 15.4. The molecule has 2 atom stereocenters. The number of carboxylic acid groups (broad SMARTS) is 1. The molecular formula is C28H29N3O7S. The first-order valence-corrected chi connectivity index (χ1v) is 13.2. The maximum atomic E-state index is 11.7. The van der Waals surface area contributed by atoms with Crippen LogP contribution in [0.2, 0.25) is 0 Å². The number of anilines is 1. The zero-order valence-electron chi connectivity index (χ0n) is 21.0. The van der Waals surface area contributed by atoms with Crippen molar-refractivity contribution >= 4 is 34.7 Å². The topological polar surface area (TPSA) is 137 Å². The lowest BCUT2D eigenvalue weighted by Gasteiger charge is -2.22. The van der Waals surface area contributed by atoms with E-state index in [1.54, 1.807) is 36.4 Å². The number of hydrogen-bond donors (Lipinski definition) is 4. The molecule has 1 unspecified atom stereocenters. The molecule has 0 aromatic heterocycles. The lowest BCUT2D eigenvalue weighted by atomic mass is 10.1. The monoisotopic (exact) mass is 551 g/mol. The van der Waals surface area contributed by atoms with Crippen LogP contribution in [-0.4, -0.2) is 63.5 Å². The molecule has 3 amide bonds. The van der Waals surface area contributed by atoms with Crippen LogP contribution >= 0.6 is 11.8 Å². The predicted molar refractivity (Wildman–Crippen MR) is 147 cm³/mol. The number of hydrogen-bond acceptors (Lipinski definition) is 8. The van der Waals surface area contributed by atoms with Crippen molar-refractivity contribution in [2.75, 3.05) is 25.0 Å². The summed E-state index contributed by atoms with van der Waals surface area (Å²) in [6.07, 6.45) is -1.72. The second-order valence-electron chi connectivity index (χ2n) is 8.80. The number of benzene rings is 3. The summed E-state index contributed by atoms with van der Waals surface area (Å²) in [5, 5.41) is 24.1. The summed E-state index contributed by atoms with van der Waals surface area (Å²) >= 11 is 0.878. The minimum absolute atomic E-state index is 0.0658. The molecular weight excluding hydrogens is 522 g/mol. The van der Waals surface area contributed by atoms with Crippen LogP contribution in [0.15, 0.2) is 78.9 Å². The lowest BCUT2D eigenvalue weighted by molar-refractivity contribution is -0.118. The van der Waals surface area contributed by atoms with Crippen LogP contribution in [0, 0.1) is 0 Å². The molecule has 3 aromatic carbocycles. The molecule has 4 rings (SSSR count). The van der Waals surface area contributed by atoms with E-state index in [2.05, 4.69) is 10.6 Å². The van der Waals surface area contributed by atoms with Crippen molar-refractivity contribution in [3.63, 3.8) is 0 Å². The highest BCUT2D eigenvalue weighted by atomic mass is 32.2. The van der Waals surface area contributed by atoms with Gasteiger partial charge in [0.25, 0.3) is 11.1 Å². The van der Waals surface area contributed by atoms with Gasteiger partial charge in [0.05, 0.1) is 6.54 Å². The summed E-state index contributed by atoms with van der Waals surface area (Å²) in [5.74, 6) is 0.832. The Kier molecular flexibility index (Phi) is 9.65. The SMILES string of the molecule is O=C1NC(=O)C(Nc2ccc(CCN(C[C@H](O)COc3ccc(OCc4ccccc4)cc3)C(=O)O)cc2)S1. The second-order valence-corrected chi connectivity index (χ2v) is 9.88. The summed E-state index contributed by atoms with van der Waals surface area (Å²) < 4.78 is 11.4. The van der Waals surface area contributed by atoms with Gasteiger partial charge in [-0.05, 0) is 65.7 Å². The molecule has 1 saturated heterocycles. The zero-order chi connectivity index (χ0) is 27.6. The van der Waals surface area contributed by atoms with Crippen LogP contribution in [0.5, 0.6) is 11.5 Å². The van der Waals surface area contributed by atoms with Crippen LogP contribution in [-0.2, 0) is 17.8 Å². The van der Waals surface area contributed by atoms with Gasteiger partial charge < -0.3 is 29.9 Å². The molecule has 10 nitrogen and oxygen atoms in total. The third-order valence-corrected chi connectivity index (χ3v) is 6.71. The van der Waals surface area contributed by atoms with Crippen LogP contribution in [0.25, 0.3) is 0 Å². The molecule has 1 aliphatic rings. The van der Waals surface area contributed by atoms with Gasteiger partial charge in [-0.15, -0.1) is 0 Å². The van der Waals surface area contributed by atoms with Crippen molar-refractivity contribution in [1.29, 1.82) is 0 Å². The maximum absolute atomic E-state index is 11.7. The number of amides is 3. The average molecular weight is 552 g/mol. The van der Waals surface area contributed by atoms with Crippen LogP contribution in [0.3, 0.4) is 0 Å². The molecule has 1 aliphatic heterocycles. The van der Waals surface area contributed by atoms with E-state index in [0.717, 1.165) is 27.8 Å². The summed E-state index contributed by atoms with van der Waals surface area (Å²) in [5.41, 5.74) is 2.61. The number of thioether (sulfide) groups is 1. The third-order valence-electron chi connectivity index (χ3n) is 5.83. The van der Waals surface area contributed by atoms with Gasteiger partial charge in [0.2, 0.25) is 0 Å². The van der Waals surface area contributed by atoms with E-state index in [0.29, 0.717) is 30.2 Å². The molecule has 1 heterocycles. The molecule has 0 radical (unpaired) electrons. The first-order valence-electron chi connectivity index (χ1n) is 12.3. The quantitative estimate of drug-likeness (QED) is 0.249. The first kappa shape index (κ1) is 27.8. The Bertz CT molecular complexity index is 1260. The maximum Gasteiger partial charge on any atom is 0.407 e.